The lowest BCUT2D eigenvalue weighted by Crippen LogP contribution is -1.90. The van der Waals surface area contributed by atoms with Crippen molar-refractivity contribution < 1.29 is 0 Å². The highest BCUT2D eigenvalue weighted by Gasteiger charge is 2.03. The Kier molecular flexibility index (Phi) is 7.24. The molecule has 0 radical (unpaired) electrons. The molecule has 20 heavy (non-hydrogen) atoms. The molecule has 0 amide bonds. The van der Waals surface area contributed by atoms with E-state index in [-0.39, 0.29) is 0 Å². The largest absolute Gasteiger partial charge is 0.246 e. The van der Waals surface area contributed by atoms with Gasteiger partial charge in [-0.05, 0) is 37.1 Å². The average molecular weight is 281 g/mol. The van der Waals surface area contributed by atoms with E-state index in [4.69, 9.17) is 4.99 Å². The fraction of sp³-hybridized carbons (Fsp3) is 0.167. The van der Waals surface area contributed by atoms with Gasteiger partial charge in [-0.25, -0.2) is 4.99 Å². The van der Waals surface area contributed by atoms with Gasteiger partial charge in [0.25, 0.3) is 0 Å². The summed E-state index contributed by atoms with van der Waals surface area (Å²) in [5.74, 6) is 0. The zero-order valence-corrected chi connectivity index (χ0v) is 12.7. The fourth-order valence-electron chi connectivity index (χ4n) is 1.62. The summed E-state index contributed by atoms with van der Waals surface area (Å²) in [6.07, 6.45) is 8.95. The first-order chi connectivity index (χ1) is 9.79. The normalized spacial score (nSPS) is 10.5. The Morgan fingerprint density at radius 1 is 1.00 bits per heavy atom. The van der Waals surface area contributed by atoms with Crippen molar-refractivity contribution in [2.24, 2.45) is 4.99 Å². The van der Waals surface area contributed by atoms with E-state index in [1.54, 1.807) is 11.8 Å². The van der Waals surface area contributed by atoms with Crippen molar-refractivity contribution >= 4 is 22.5 Å². The minimum atomic E-state index is 0.952. The molecule has 0 spiro atoms. The zero-order chi connectivity index (χ0) is 14.8. The van der Waals surface area contributed by atoms with E-state index in [1.165, 1.54) is 10.5 Å². The summed E-state index contributed by atoms with van der Waals surface area (Å²) in [5, 5.41) is 1.15. The van der Waals surface area contributed by atoms with Crippen LogP contribution in [0.3, 0.4) is 0 Å². The summed E-state index contributed by atoms with van der Waals surface area (Å²) in [7, 11) is 0. The number of benzene rings is 2. The number of hydrogen-bond acceptors (Lipinski definition) is 2. The molecule has 0 fully saturated rings. The quantitative estimate of drug-likeness (QED) is 0.314. The van der Waals surface area contributed by atoms with Gasteiger partial charge in [0.15, 0.2) is 0 Å². The van der Waals surface area contributed by atoms with E-state index in [0.29, 0.717) is 0 Å². The first kappa shape index (κ1) is 16.1. The van der Waals surface area contributed by atoms with Gasteiger partial charge in [-0.1, -0.05) is 55.1 Å². The lowest BCUT2D eigenvalue weighted by molar-refractivity contribution is 1.28. The molecule has 0 saturated carbocycles. The van der Waals surface area contributed by atoms with E-state index >= 15 is 0 Å². The number of hydrogen-bond donors (Lipinski definition) is 0. The number of thioether (sulfide) groups is 1. The Labute approximate surface area is 126 Å². The summed E-state index contributed by atoms with van der Waals surface area (Å²) in [5.41, 5.74) is 2.33. The van der Waals surface area contributed by atoms with Gasteiger partial charge in [-0.3, -0.25) is 0 Å². The van der Waals surface area contributed by atoms with Gasteiger partial charge in [-0.15, -0.1) is 12.8 Å². The van der Waals surface area contributed by atoms with Crippen LogP contribution in [0.25, 0.3) is 0 Å². The average Bonchev–Trinajstić information content (AvgIpc) is 2.52. The third-order valence-electron chi connectivity index (χ3n) is 2.63. The van der Waals surface area contributed by atoms with Crippen LogP contribution in [0.15, 0.2) is 64.5 Å². The molecule has 0 heterocycles. The first-order valence-electron chi connectivity index (χ1n) is 6.49. The number of terminal acetylenes is 1. The van der Waals surface area contributed by atoms with Gasteiger partial charge >= 0.3 is 0 Å². The summed E-state index contributed by atoms with van der Waals surface area (Å²) >= 11 is 1.76. The van der Waals surface area contributed by atoms with E-state index in [0.717, 1.165) is 17.2 Å². The lowest BCUT2D eigenvalue weighted by Gasteiger charge is -2.06. The zero-order valence-electron chi connectivity index (χ0n) is 11.9. The Bertz CT molecular complexity index is 570. The van der Waals surface area contributed by atoms with Crippen molar-refractivity contribution in [2.45, 2.75) is 25.2 Å². The maximum atomic E-state index is 4.69. The Morgan fingerprint density at radius 3 is 2.20 bits per heavy atom. The number of aryl methyl sites for hydroxylation is 1. The van der Waals surface area contributed by atoms with Gasteiger partial charge in [0.2, 0.25) is 0 Å². The molecule has 2 aromatic rings. The molecule has 0 atom stereocenters. The van der Waals surface area contributed by atoms with Crippen LogP contribution < -0.4 is 0 Å². The van der Waals surface area contributed by atoms with E-state index in [1.807, 2.05) is 30.3 Å². The highest BCUT2D eigenvalue weighted by atomic mass is 32.2. The molecule has 0 aliphatic rings. The van der Waals surface area contributed by atoms with Crippen molar-refractivity contribution in [3.05, 3.63) is 60.2 Å². The van der Waals surface area contributed by atoms with Crippen LogP contribution >= 0.6 is 11.8 Å². The van der Waals surface area contributed by atoms with Gasteiger partial charge in [0.1, 0.15) is 0 Å². The number of nitrogens with zero attached hydrogens (tertiary/aromatic N) is 1. The number of para-hydroxylation sites is 1. The highest BCUT2D eigenvalue weighted by molar-refractivity contribution is 8.14. The molecule has 102 valence electrons. The van der Waals surface area contributed by atoms with Crippen LogP contribution in [0.5, 0.6) is 0 Å². The second-order valence-corrected chi connectivity index (χ2v) is 5.18. The number of aliphatic imine (C=N–C) groups is 1. The first-order valence-corrected chi connectivity index (χ1v) is 7.30. The minimum Gasteiger partial charge on any atom is -0.246 e. The molecule has 0 unspecified atom stereocenters. The number of rotatable bonds is 3. The van der Waals surface area contributed by atoms with Gasteiger partial charge in [0, 0.05) is 4.90 Å². The highest BCUT2D eigenvalue weighted by Crippen LogP contribution is 2.26. The second kappa shape index (κ2) is 9.01. The second-order valence-electron chi connectivity index (χ2n) is 4.06. The maximum absolute atomic E-state index is 4.69. The van der Waals surface area contributed by atoms with Crippen molar-refractivity contribution in [1.29, 1.82) is 0 Å². The molecular weight excluding hydrogens is 262 g/mol. The topological polar surface area (TPSA) is 12.4 Å². The minimum absolute atomic E-state index is 0.952. The Hall–Kier alpha value is -1.98. The fourth-order valence-corrected chi connectivity index (χ4v) is 2.54. The molecule has 0 N–H and O–H groups in total. The Balaban J connectivity index is 0.000000956. The molecule has 0 aromatic heterocycles. The van der Waals surface area contributed by atoms with Crippen LogP contribution in [0.4, 0.5) is 5.69 Å². The molecule has 0 aliphatic carbocycles. The third kappa shape index (κ3) is 4.95. The lowest BCUT2D eigenvalue weighted by atomic mass is 10.2. The van der Waals surface area contributed by atoms with Crippen LogP contribution in [0.1, 0.15) is 18.9 Å². The smallest absolute Gasteiger partial charge is 0.0783 e. The predicted octanol–water partition coefficient (Wildman–Crippen LogP) is 5.48. The van der Waals surface area contributed by atoms with E-state index < -0.39 is 0 Å². The summed E-state index contributed by atoms with van der Waals surface area (Å²) < 4.78 is 0. The summed E-state index contributed by atoms with van der Waals surface area (Å²) in [6, 6.07) is 18.6. The van der Waals surface area contributed by atoms with Crippen LogP contribution in [-0.4, -0.2) is 5.04 Å². The Morgan fingerprint density at radius 2 is 1.60 bits per heavy atom. The van der Waals surface area contributed by atoms with Crippen molar-refractivity contribution in [2.75, 3.05) is 0 Å². The third-order valence-corrected chi connectivity index (χ3v) is 3.93. The summed E-state index contributed by atoms with van der Waals surface area (Å²) in [4.78, 5) is 5.98. The van der Waals surface area contributed by atoms with Crippen molar-refractivity contribution in [3.63, 3.8) is 0 Å². The molecule has 0 aliphatic heterocycles. The van der Waals surface area contributed by atoms with Crippen molar-refractivity contribution in [1.82, 2.24) is 0 Å². The standard InChI is InChI=1S/C16H17NS.C2H2/c1-3-16(17-14-10-5-4-6-11-14)18-15-12-8-7-9-13(15)2;1-2/h4-12H,3H2,1-2H3;1-2H. The molecule has 0 bridgehead atoms. The molecular formula is C18H19NS. The van der Waals surface area contributed by atoms with Crippen LogP contribution in [-0.2, 0) is 0 Å². The van der Waals surface area contributed by atoms with Crippen molar-refractivity contribution in [3.8, 4) is 12.8 Å². The van der Waals surface area contributed by atoms with Gasteiger partial charge in [0.05, 0.1) is 10.7 Å². The van der Waals surface area contributed by atoms with Gasteiger partial charge in [-0.2, -0.15) is 0 Å². The molecule has 1 nitrogen and oxygen atoms in total. The maximum Gasteiger partial charge on any atom is 0.0783 e. The van der Waals surface area contributed by atoms with Gasteiger partial charge < -0.3 is 0 Å². The summed E-state index contributed by atoms with van der Waals surface area (Å²) in [6.45, 7) is 4.28. The van der Waals surface area contributed by atoms with E-state index in [2.05, 4.69) is 51.0 Å². The molecule has 2 heteroatoms. The van der Waals surface area contributed by atoms with Crippen LogP contribution in [0.2, 0.25) is 0 Å². The monoisotopic (exact) mass is 281 g/mol. The SMILES string of the molecule is C#C.CCC(=Nc1ccccc1)Sc1ccccc1C. The van der Waals surface area contributed by atoms with E-state index in [9.17, 15) is 0 Å². The predicted molar refractivity (Wildman–Crippen MR) is 90.8 cm³/mol. The molecule has 2 aromatic carbocycles. The van der Waals surface area contributed by atoms with Crippen LogP contribution in [0, 0.1) is 19.8 Å². The molecule has 0 saturated heterocycles. The molecule has 2 rings (SSSR count).